The van der Waals surface area contributed by atoms with Gasteiger partial charge in [0.2, 0.25) is 0 Å². The fourth-order valence-corrected chi connectivity index (χ4v) is 4.48. The number of hydrogen-bond donors (Lipinski definition) is 0. The summed E-state index contributed by atoms with van der Waals surface area (Å²) >= 11 is 5.86. The van der Waals surface area contributed by atoms with Gasteiger partial charge in [-0.3, -0.25) is 0 Å². The van der Waals surface area contributed by atoms with Crippen LogP contribution in [0.1, 0.15) is 51.4 Å². The van der Waals surface area contributed by atoms with Gasteiger partial charge in [0, 0.05) is 25.2 Å². The van der Waals surface area contributed by atoms with E-state index in [0.717, 1.165) is 24.8 Å². The van der Waals surface area contributed by atoms with Crippen LogP contribution in [0.15, 0.2) is 24.3 Å². The minimum Gasteiger partial charge on any atom is -0.410 e. The van der Waals surface area contributed by atoms with Gasteiger partial charge >= 0.3 is 6.09 Å². The standard InChI is InChI=1S/C22H33ClN2O2/c1-24(22(26)27-21-11-9-20(23)10-12-21)16-13-18-5-7-19(8-6-18)17-25-14-3-2-4-15-25/h9-12,18-19H,2-8,13-17H2,1H3. The Morgan fingerprint density at radius 2 is 1.70 bits per heavy atom. The van der Waals surface area contributed by atoms with Crippen LogP contribution < -0.4 is 4.74 Å². The molecule has 1 aliphatic carbocycles. The smallest absolute Gasteiger partial charge is 0.410 e. The van der Waals surface area contributed by atoms with Crippen molar-refractivity contribution >= 4 is 17.7 Å². The second-order valence-electron chi connectivity index (χ2n) is 8.28. The lowest BCUT2D eigenvalue weighted by molar-refractivity contribution is 0.144. The van der Waals surface area contributed by atoms with E-state index in [9.17, 15) is 4.79 Å². The van der Waals surface area contributed by atoms with E-state index in [1.165, 1.54) is 64.6 Å². The van der Waals surface area contributed by atoms with E-state index in [-0.39, 0.29) is 6.09 Å². The molecule has 150 valence electrons. The number of likely N-dealkylation sites (tertiary alicyclic amines) is 1. The highest BCUT2D eigenvalue weighted by atomic mass is 35.5. The van der Waals surface area contributed by atoms with Crippen molar-refractivity contribution in [2.75, 3.05) is 33.2 Å². The Labute approximate surface area is 168 Å². The highest BCUT2D eigenvalue weighted by Gasteiger charge is 2.24. The lowest BCUT2D eigenvalue weighted by Crippen LogP contribution is -2.36. The van der Waals surface area contributed by atoms with Gasteiger partial charge in [0.15, 0.2) is 0 Å². The van der Waals surface area contributed by atoms with Gasteiger partial charge in [-0.15, -0.1) is 0 Å². The number of ether oxygens (including phenoxy) is 1. The summed E-state index contributed by atoms with van der Waals surface area (Å²) < 4.78 is 5.40. The number of carbonyl (C=O) groups is 1. The Kier molecular flexibility index (Phi) is 7.83. The minimum absolute atomic E-state index is 0.295. The zero-order valence-corrected chi connectivity index (χ0v) is 17.3. The molecule has 0 unspecified atom stereocenters. The average Bonchev–Trinajstić information content (AvgIpc) is 2.69. The second-order valence-corrected chi connectivity index (χ2v) is 8.72. The maximum atomic E-state index is 12.2. The molecule has 2 aliphatic rings. The van der Waals surface area contributed by atoms with Gasteiger partial charge in [-0.2, -0.15) is 0 Å². The first-order valence-electron chi connectivity index (χ1n) is 10.5. The molecule has 1 saturated carbocycles. The third-order valence-corrected chi connectivity index (χ3v) is 6.39. The maximum Gasteiger partial charge on any atom is 0.414 e. The molecule has 1 aliphatic heterocycles. The van der Waals surface area contributed by atoms with Crippen LogP contribution in [-0.4, -0.2) is 49.1 Å². The second kappa shape index (κ2) is 10.3. The van der Waals surface area contributed by atoms with E-state index in [4.69, 9.17) is 16.3 Å². The molecule has 0 atom stereocenters. The zero-order chi connectivity index (χ0) is 19.1. The first kappa shape index (κ1) is 20.5. The van der Waals surface area contributed by atoms with E-state index < -0.39 is 0 Å². The molecule has 2 fully saturated rings. The molecule has 0 radical (unpaired) electrons. The van der Waals surface area contributed by atoms with Crippen LogP contribution in [0, 0.1) is 11.8 Å². The van der Waals surface area contributed by atoms with Crippen LogP contribution in [-0.2, 0) is 0 Å². The highest BCUT2D eigenvalue weighted by Crippen LogP contribution is 2.32. The van der Waals surface area contributed by atoms with Gasteiger partial charge in [0.25, 0.3) is 0 Å². The fraction of sp³-hybridized carbons (Fsp3) is 0.682. The van der Waals surface area contributed by atoms with E-state index >= 15 is 0 Å². The Morgan fingerprint density at radius 1 is 1.07 bits per heavy atom. The minimum atomic E-state index is -0.295. The van der Waals surface area contributed by atoms with E-state index in [2.05, 4.69) is 4.90 Å². The van der Waals surface area contributed by atoms with Crippen LogP contribution in [0.2, 0.25) is 5.02 Å². The predicted molar refractivity (Wildman–Crippen MR) is 110 cm³/mol. The first-order chi connectivity index (χ1) is 13.1. The van der Waals surface area contributed by atoms with Crippen molar-refractivity contribution in [2.24, 2.45) is 11.8 Å². The topological polar surface area (TPSA) is 32.8 Å². The van der Waals surface area contributed by atoms with Crippen LogP contribution in [0.25, 0.3) is 0 Å². The number of halogens is 1. The summed E-state index contributed by atoms with van der Waals surface area (Å²) in [4.78, 5) is 16.6. The summed E-state index contributed by atoms with van der Waals surface area (Å²) in [7, 11) is 1.82. The largest absolute Gasteiger partial charge is 0.414 e. The zero-order valence-electron chi connectivity index (χ0n) is 16.5. The van der Waals surface area contributed by atoms with Crippen molar-refractivity contribution < 1.29 is 9.53 Å². The molecule has 0 bridgehead atoms. The molecule has 1 saturated heterocycles. The average molecular weight is 393 g/mol. The summed E-state index contributed by atoms with van der Waals surface area (Å²) in [5, 5.41) is 0.638. The summed E-state index contributed by atoms with van der Waals surface area (Å²) in [6.45, 7) is 4.68. The molecular weight excluding hydrogens is 360 g/mol. The van der Waals surface area contributed by atoms with Crippen molar-refractivity contribution in [3.05, 3.63) is 29.3 Å². The molecule has 4 nitrogen and oxygen atoms in total. The van der Waals surface area contributed by atoms with Crippen LogP contribution >= 0.6 is 11.6 Å². The van der Waals surface area contributed by atoms with Gasteiger partial charge in [0.05, 0.1) is 0 Å². The molecule has 1 heterocycles. The first-order valence-corrected chi connectivity index (χ1v) is 10.9. The van der Waals surface area contributed by atoms with Gasteiger partial charge in [-0.1, -0.05) is 30.9 Å². The quantitative estimate of drug-likeness (QED) is 0.645. The summed E-state index contributed by atoms with van der Waals surface area (Å²) in [5.74, 6) is 2.16. The molecule has 1 aromatic carbocycles. The third kappa shape index (κ3) is 6.69. The van der Waals surface area contributed by atoms with Gasteiger partial charge in [-0.05, 0) is 81.3 Å². The Bertz CT molecular complexity index is 578. The molecule has 0 aromatic heterocycles. The number of rotatable bonds is 6. The normalized spacial score (nSPS) is 23.8. The van der Waals surface area contributed by atoms with Crippen molar-refractivity contribution in [1.29, 1.82) is 0 Å². The summed E-state index contributed by atoms with van der Waals surface area (Å²) in [5.41, 5.74) is 0. The van der Waals surface area contributed by atoms with Crippen LogP contribution in [0.5, 0.6) is 5.75 Å². The van der Waals surface area contributed by atoms with Crippen molar-refractivity contribution in [3.63, 3.8) is 0 Å². The Balaban J connectivity index is 1.32. The van der Waals surface area contributed by atoms with Crippen molar-refractivity contribution in [1.82, 2.24) is 9.80 Å². The molecule has 27 heavy (non-hydrogen) atoms. The number of piperidine rings is 1. The fourth-order valence-electron chi connectivity index (χ4n) is 4.36. The Hall–Kier alpha value is -1.26. The van der Waals surface area contributed by atoms with E-state index in [0.29, 0.717) is 10.8 Å². The molecule has 0 spiro atoms. The summed E-state index contributed by atoms with van der Waals surface area (Å²) in [6.07, 6.45) is 10.3. The molecule has 1 aromatic rings. The van der Waals surface area contributed by atoms with Crippen molar-refractivity contribution in [2.45, 2.75) is 51.4 Å². The highest BCUT2D eigenvalue weighted by molar-refractivity contribution is 6.30. The third-order valence-electron chi connectivity index (χ3n) is 6.13. The Morgan fingerprint density at radius 3 is 2.37 bits per heavy atom. The molecular formula is C22H33ClN2O2. The lowest BCUT2D eigenvalue weighted by Gasteiger charge is -2.34. The van der Waals surface area contributed by atoms with Crippen LogP contribution in [0.4, 0.5) is 4.79 Å². The van der Waals surface area contributed by atoms with Crippen LogP contribution in [0.3, 0.4) is 0 Å². The number of nitrogens with zero attached hydrogens (tertiary/aromatic N) is 2. The van der Waals surface area contributed by atoms with Gasteiger partial charge in [0.1, 0.15) is 5.75 Å². The molecule has 0 N–H and O–H groups in total. The SMILES string of the molecule is CN(CCC1CCC(CN2CCCCC2)CC1)C(=O)Oc1ccc(Cl)cc1. The maximum absolute atomic E-state index is 12.2. The number of benzene rings is 1. The lowest BCUT2D eigenvalue weighted by atomic mass is 9.80. The van der Waals surface area contributed by atoms with Gasteiger partial charge < -0.3 is 14.5 Å². The van der Waals surface area contributed by atoms with Crippen molar-refractivity contribution in [3.8, 4) is 5.75 Å². The number of carbonyl (C=O) groups excluding carboxylic acids is 1. The molecule has 1 amide bonds. The van der Waals surface area contributed by atoms with E-state index in [1.807, 2.05) is 7.05 Å². The predicted octanol–water partition coefficient (Wildman–Crippen LogP) is 5.45. The van der Waals surface area contributed by atoms with E-state index in [1.54, 1.807) is 29.2 Å². The van der Waals surface area contributed by atoms with Gasteiger partial charge in [-0.25, -0.2) is 4.79 Å². The molecule has 3 rings (SSSR count). The monoisotopic (exact) mass is 392 g/mol. The number of amides is 1. The summed E-state index contributed by atoms with van der Waals surface area (Å²) in [6, 6.07) is 6.90. The number of hydrogen-bond acceptors (Lipinski definition) is 3. The molecule has 5 heteroatoms.